The van der Waals surface area contributed by atoms with Crippen LogP contribution in [0.5, 0.6) is 0 Å². The zero-order chi connectivity index (χ0) is 11.5. The summed E-state index contributed by atoms with van der Waals surface area (Å²) in [6.45, 7) is 10.9. The van der Waals surface area contributed by atoms with E-state index >= 15 is 0 Å². The molecular formula is C12H22N4. The minimum atomic E-state index is 0.453. The summed E-state index contributed by atoms with van der Waals surface area (Å²) in [5.74, 6) is 0. The third-order valence-electron chi connectivity index (χ3n) is 3.24. The van der Waals surface area contributed by atoms with Crippen molar-refractivity contribution in [3.63, 3.8) is 0 Å². The fraction of sp³-hybridized carbons (Fsp3) is 0.750. The summed E-state index contributed by atoms with van der Waals surface area (Å²) in [6, 6.07) is 3.29. The topological polar surface area (TPSA) is 33.1 Å². The minimum absolute atomic E-state index is 0.453. The SMILES string of the molecule is CCN(Cc1ccn(C(C)C)n1)C1CNC1. The van der Waals surface area contributed by atoms with E-state index in [-0.39, 0.29) is 0 Å². The van der Waals surface area contributed by atoms with Gasteiger partial charge in [0.15, 0.2) is 0 Å². The second-order valence-corrected chi connectivity index (χ2v) is 4.76. The maximum atomic E-state index is 4.59. The molecule has 0 aromatic carbocycles. The van der Waals surface area contributed by atoms with Crippen LogP contribution in [0.4, 0.5) is 0 Å². The molecule has 0 radical (unpaired) electrons. The van der Waals surface area contributed by atoms with Gasteiger partial charge in [-0.3, -0.25) is 9.58 Å². The standard InChI is InChI=1S/C12H22N4/c1-4-15(12-7-13-8-12)9-11-5-6-16(14-11)10(2)3/h5-6,10,12-13H,4,7-9H2,1-3H3. The average molecular weight is 222 g/mol. The highest BCUT2D eigenvalue weighted by Gasteiger charge is 2.23. The highest BCUT2D eigenvalue weighted by molar-refractivity contribution is 5.01. The Balaban J connectivity index is 1.95. The van der Waals surface area contributed by atoms with Gasteiger partial charge in [-0.25, -0.2) is 0 Å². The van der Waals surface area contributed by atoms with Crippen molar-refractivity contribution in [2.24, 2.45) is 0 Å². The van der Waals surface area contributed by atoms with Gasteiger partial charge in [-0.05, 0) is 26.5 Å². The molecule has 0 bridgehead atoms. The van der Waals surface area contributed by atoms with E-state index in [0.29, 0.717) is 12.1 Å². The maximum Gasteiger partial charge on any atom is 0.0765 e. The first-order valence-electron chi connectivity index (χ1n) is 6.19. The minimum Gasteiger partial charge on any atom is -0.314 e. The molecule has 4 nitrogen and oxygen atoms in total. The predicted molar refractivity (Wildman–Crippen MR) is 65.4 cm³/mol. The van der Waals surface area contributed by atoms with Gasteiger partial charge < -0.3 is 5.32 Å². The van der Waals surface area contributed by atoms with E-state index in [0.717, 1.165) is 26.2 Å². The molecule has 0 atom stereocenters. The van der Waals surface area contributed by atoms with E-state index < -0.39 is 0 Å². The summed E-state index contributed by atoms with van der Waals surface area (Å²) in [4.78, 5) is 2.49. The molecule has 0 unspecified atom stereocenters. The number of hydrogen-bond acceptors (Lipinski definition) is 3. The fourth-order valence-electron chi connectivity index (χ4n) is 1.99. The van der Waals surface area contributed by atoms with Crippen molar-refractivity contribution in [3.8, 4) is 0 Å². The molecule has 0 saturated carbocycles. The van der Waals surface area contributed by atoms with Crippen LogP contribution in [-0.2, 0) is 6.54 Å². The van der Waals surface area contributed by atoms with Gasteiger partial charge in [-0.15, -0.1) is 0 Å². The zero-order valence-corrected chi connectivity index (χ0v) is 10.5. The lowest BCUT2D eigenvalue weighted by Gasteiger charge is -2.37. The molecule has 90 valence electrons. The summed E-state index contributed by atoms with van der Waals surface area (Å²) in [5.41, 5.74) is 1.18. The lowest BCUT2D eigenvalue weighted by atomic mass is 10.1. The number of aromatic nitrogens is 2. The van der Waals surface area contributed by atoms with Gasteiger partial charge in [-0.2, -0.15) is 5.10 Å². The number of nitrogens with one attached hydrogen (secondary N) is 1. The van der Waals surface area contributed by atoms with Gasteiger partial charge in [0, 0.05) is 37.9 Å². The Labute approximate surface area is 97.6 Å². The molecule has 1 fully saturated rings. The van der Waals surface area contributed by atoms with Gasteiger partial charge in [0.2, 0.25) is 0 Å². The highest BCUT2D eigenvalue weighted by Crippen LogP contribution is 2.11. The van der Waals surface area contributed by atoms with Crippen LogP contribution >= 0.6 is 0 Å². The van der Waals surface area contributed by atoms with Gasteiger partial charge >= 0.3 is 0 Å². The quantitative estimate of drug-likeness (QED) is 0.814. The molecule has 1 N–H and O–H groups in total. The molecule has 2 heterocycles. The first kappa shape index (κ1) is 11.6. The van der Waals surface area contributed by atoms with Gasteiger partial charge in [0.25, 0.3) is 0 Å². The van der Waals surface area contributed by atoms with E-state index in [1.54, 1.807) is 0 Å². The first-order chi connectivity index (χ1) is 7.70. The third kappa shape index (κ3) is 2.44. The molecule has 1 aromatic heterocycles. The monoisotopic (exact) mass is 222 g/mol. The van der Waals surface area contributed by atoms with E-state index in [1.807, 2.05) is 4.68 Å². The second kappa shape index (κ2) is 4.97. The van der Waals surface area contributed by atoms with Crippen LogP contribution in [0, 0.1) is 0 Å². The number of nitrogens with zero attached hydrogens (tertiary/aromatic N) is 3. The summed E-state index contributed by atoms with van der Waals surface area (Å²) in [6.07, 6.45) is 2.08. The van der Waals surface area contributed by atoms with Crippen LogP contribution in [-0.4, -0.2) is 40.4 Å². The van der Waals surface area contributed by atoms with Crippen LogP contribution in [0.3, 0.4) is 0 Å². The second-order valence-electron chi connectivity index (χ2n) is 4.76. The Kier molecular flexibility index (Phi) is 3.61. The van der Waals surface area contributed by atoms with Crippen molar-refractivity contribution in [1.29, 1.82) is 0 Å². The lowest BCUT2D eigenvalue weighted by Crippen LogP contribution is -2.56. The predicted octanol–water partition coefficient (Wildman–Crippen LogP) is 1.26. The molecule has 1 saturated heterocycles. The van der Waals surface area contributed by atoms with Crippen LogP contribution in [0.1, 0.15) is 32.5 Å². The van der Waals surface area contributed by atoms with Crippen molar-refractivity contribution in [2.75, 3.05) is 19.6 Å². The van der Waals surface area contributed by atoms with Crippen molar-refractivity contribution < 1.29 is 0 Å². The number of rotatable bonds is 5. The van der Waals surface area contributed by atoms with Crippen LogP contribution in [0.2, 0.25) is 0 Å². The van der Waals surface area contributed by atoms with E-state index in [1.165, 1.54) is 5.69 Å². The molecule has 0 amide bonds. The smallest absolute Gasteiger partial charge is 0.0765 e. The van der Waals surface area contributed by atoms with E-state index in [2.05, 4.69) is 48.3 Å². The summed E-state index contributed by atoms with van der Waals surface area (Å²) in [7, 11) is 0. The van der Waals surface area contributed by atoms with Gasteiger partial charge in [0.1, 0.15) is 0 Å². The number of likely N-dealkylation sites (N-methyl/N-ethyl adjacent to an activating group) is 1. The van der Waals surface area contributed by atoms with Crippen LogP contribution in [0.25, 0.3) is 0 Å². The third-order valence-corrected chi connectivity index (χ3v) is 3.24. The van der Waals surface area contributed by atoms with Crippen molar-refractivity contribution in [1.82, 2.24) is 20.0 Å². The Bertz CT molecular complexity index is 328. The maximum absolute atomic E-state index is 4.59. The molecule has 4 heteroatoms. The van der Waals surface area contributed by atoms with Crippen LogP contribution < -0.4 is 5.32 Å². The zero-order valence-electron chi connectivity index (χ0n) is 10.5. The van der Waals surface area contributed by atoms with Crippen molar-refractivity contribution in [3.05, 3.63) is 18.0 Å². The normalized spacial score (nSPS) is 17.1. The molecule has 1 aliphatic heterocycles. The van der Waals surface area contributed by atoms with Crippen molar-refractivity contribution >= 4 is 0 Å². The Morgan fingerprint density at radius 3 is 2.75 bits per heavy atom. The van der Waals surface area contributed by atoms with Gasteiger partial charge in [-0.1, -0.05) is 6.92 Å². The highest BCUT2D eigenvalue weighted by atomic mass is 15.3. The fourth-order valence-corrected chi connectivity index (χ4v) is 1.99. The number of hydrogen-bond donors (Lipinski definition) is 1. The summed E-state index contributed by atoms with van der Waals surface area (Å²) < 4.78 is 2.03. The Hall–Kier alpha value is -0.870. The lowest BCUT2D eigenvalue weighted by molar-refractivity contribution is 0.143. The van der Waals surface area contributed by atoms with E-state index in [9.17, 15) is 0 Å². The molecule has 2 rings (SSSR count). The van der Waals surface area contributed by atoms with Gasteiger partial charge in [0.05, 0.1) is 5.69 Å². The average Bonchev–Trinajstić information content (AvgIpc) is 2.62. The molecule has 16 heavy (non-hydrogen) atoms. The largest absolute Gasteiger partial charge is 0.314 e. The Morgan fingerprint density at radius 1 is 1.56 bits per heavy atom. The van der Waals surface area contributed by atoms with Crippen molar-refractivity contribution in [2.45, 2.75) is 39.4 Å². The molecular weight excluding hydrogens is 200 g/mol. The first-order valence-corrected chi connectivity index (χ1v) is 6.19. The van der Waals surface area contributed by atoms with E-state index in [4.69, 9.17) is 0 Å². The molecule has 0 spiro atoms. The molecule has 1 aromatic rings. The molecule has 1 aliphatic rings. The van der Waals surface area contributed by atoms with Crippen LogP contribution in [0.15, 0.2) is 12.3 Å². The molecule has 0 aliphatic carbocycles. The Morgan fingerprint density at radius 2 is 2.31 bits per heavy atom. The summed E-state index contributed by atoms with van der Waals surface area (Å²) in [5, 5.41) is 7.91. The summed E-state index contributed by atoms with van der Waals surface area (Å²) >= 11 is 0.